The summed E-state index contributed by atoms with van der Waals surface area (Å²) >= 11 is 0. The number of nitrogens with two attached hydrogens (primary N) is 1. The average molecular weight is 463 g/mol. The van der Waals surface area contributed by atoms with Crippen molar-refractivity contribution in [1.29, 1.82) is 0 Å². The molecule has 5 rings (SSSR count). The molecule has 1 amide bonds. The monoisotopic (exact) mass is 462 g/mol. The number of likely N-dealkylation sites (tertiary alicyclic amines) is 1. The van der Waals surface area contributed by atoms with Crippen LogP contribution in [0.4, 0.5) is 0 Å². The van der Waals surface area contributed by atoms with Crippen LogP contribution in [0.1, 0.15) is 47.5 Å². The van der Waals surface area contributed by atoms with E-state index in [0.717, 1.165) is 25.2 Å². The molecule has 9 nitrogen and oxygen atoms in total. The molecule has 2 aliphatic heterocycles. The molecule has 2 aliphatic rings. The Balaban J connectivity index is 1.44. The Labute approximate surface area is 195 Å². The van der Waals surface area contributed by atoms with Crippen molar-refractivity contribution in [2.75, 3.05) is 13.1 Å². The summed E-state index contributed by atoms with van der Waals surface area (Å²) in [7, 11) is 0. The van der Waals surface area contributed by atoms with Crippen molar-refractivity contribution in [3.05, 3.63) is 92.1 Å². The van der Waals surface area contributed by atoms with Crippen molar-refractivity contribution in [3.63, 3.8) is 0 Å². The van der Waals surface area contributed by atoms with Crippen LogP contribution in [-0.2, 0) is 17.9 Å². The van der Waals surface area contributed by atoms with E-state index in [1.165, 1.54) is 6.07 Å². The van der Waals surface area contributed by atoms with Gasteiger partial charge in [0.15, 0.2) is 5.76 Å². The minimum atomic E-state index is -0.701. The first-order valence-corrected chi connectivity index (χ1v) is 11.3. The number of piperidine rings is 1. The van der Waals surface area contributed by atoms with Crippen LogP contribution < -0.4 is 16.7 Å². The third kappa shape index (κ3) is 4.26. The molecule has 3 atom stereocenters. The summed E-state index contributed by atoms with van der Waals surface area (Å²) in [5, 5.41) is 10.5. The predicted octanol–water partition coefficient (Wildman–Crippen LogP) is 1.53. The van der Waals surface area contributed by atoms with Crippen LogP contribution in [0.5, 0.6) is 5.75 Å². The maximum absolute atomic E-state index is 12.6. The van der Waals surface area contributed by atoms with Crippen molar-refractivity contribution in [2.24, 2.45) is 11.7 Å². The second-order valence-corrected chi connectivity index (χ2v) is 9.19. The lowest BCUT2D eigenvalue weighted by Crippen LogP contribution is -2.46. The molecule has 5 heterocycles. The van der Waals surface area contributed by atoms with E-state index < -0.39 is 23.0 Å². The molecule has 0 radical (unpaired) electrons. The summed E-state index contributed by atoms with van der Waals surface area (Å²) in [5.41, 5.74) is 6.64. The number of hydrogen-bond donors (Lipinski definition) is 2. The van der Waals surface area contributed by atoms with Gasteiger partial charge >= 0.3 is 0 Å². The van der Waals surface area contributed by atoms with Crippen LogP contribution in [0.15, 0.2) is 62.8 Å². The average Bonchev–Trinajstić information content (AvgIpc) is 2.81. The summed E-state index contributed by atoms with van der Waals surface area (Å²) in [6, 6.07) is 10.1. The molecule has 2 bridgehead atoms. The first kappa shape index (κ1) is 22.1. The van der Waals surface area contributed by atoms with E-state index in [1.807, 2.05) is 10.6 Å². The smallest absolute Gasteiger partial charge is 0.250 e. The Morgan fingerprint density at radius 2 is 1.97 bits per heavy atom. The van der Waals surface area contributed by atoms with Crippen LogP contribution in [0.25, 0.3) is 0 Å². The third-order valence-corrected chi connectivity index (χ3v) is 6.77. The fourth-order valence-electron chi connectivity index (χ4n) is 5.37. The van der Waals surface area contributed by atoms with Gasteiger partial charge in [-0.05, 0) is 36.1 Å². The molecular formula is C25H26N4O5. The SMILES string of the molecule is NC(=O)C[C@H](c1ccncc1)c1oc(CN2C[C@H]3C[C@@H](C2)c2cccc(=O)n2C3)cc(=O)c1O. The number of aromatic hydroxyl groups is 1. The van der Waals surface area contributed by atoms with Gasteiger partial charge in [-0.15, -0.1) is 0 Å². The fourth-order valence-corrected chi connectivity index (χ4v) is 5.37. The van der Waals surface area contributed by atoms with Gasteiger partial charge in [-0.2, -0.15) is 0 Å². The molecule has 34 heavy (non-hydrogen) atoms. The second kappa shape index (κ2) is 8.90. The highest BCUT2D eigenvalue weighted by molar-refractivity contribution is 5.75. The Morgan fingerprint density at radius 3 is 2.74 bits per heavy atom. The van der Waals surface area contributed by atoms with E-state index in [1.54, 1.807) is 36.7 Å². The first-order valence-electron chi connectivity index (χ1n) is 11.3. The number of fused-ring (bicyclic) bond motifs is 4. The zero-order chi connectivity index (χ0) is 23.8. The number of pyridine rings is 2. The van der Waals surface area contributed by atoms with Crippen LogP contribution in [0.2, 0.25) is 0 Å². The van der Waals surface area contributed by atoms with Crippen LogP contribution >= 0.6 is 0 Å². The number of hydrogen-bond acceptors (Lipinski definition) is 7. The Bertz CT molecular complexity index is 1330. The molecule has 1 fully saturated rings. The summed E-state index contributed by atoms with van der Waals surface area (Å²) < 4.78 is 7.92. The summed E-state index contributed by atoms with van der Waals surface area (Å²) in [5.74, 6) is -0.804. The molecule has 0 spiro atoms. The van der Waals surface area contributed by atoms with Gasteiger partial charge in [0.1, 0.15) is 5.76 Å². The molecule has 0 unspecified atom stereocenters. The van der Waals surface area contributed by atoms with Crippen LogP contribution in [0.3, 0.4) is 0 Å². The lowest BCUT2D eigenvalue weighted by Gasteiger charge is -2.42. The van der Waals surface area contributed by atoms with Gasteiger partial charge < -0.3 is 19.8 Å². The maximum Gasteiger partial charge on any atom is 0.250 e. The van der Waals surface area contributed by atoms with Gasteiger partial charge in [-0.25, -0.2) is 0 Å². The number of carbonyl (C=O) groups excluding carboxylic acids is 1. The van der Waals surface area contributed by atoms with E-state index in [0.29, 0.717) is 30.3 Å². The molecule has 3 aromatic heterocycles. The highest BCUT2D eigenvalue weighted by atomic mass is 16.4. The molecule has 1 saturated heterocycles. The second-order valence-electron chi connectivity index (χ2n) is 9.19. The van der Waals surface area contributed by atoms with Crippen LogP contribution in [0, 0.1) is 5.92 Å². The molecule has 9 heteroatoms. The zero-order valence-electron chi connectivity index (χ0n) is 18.6. The van der Waals surface area contributed by atoms with E-state index in [9.17, 15) is 19.5 Å². The van der Waals surface area contributed by atoms with E-state index >= 15 is 0 Å². The highest BCUT2D eigenvalue weighted by Crippen LogP contribution is 2.36. The van der Waals surface area contributed by atoms with Crippen LogP contribution in [-0.4, -0.2) is 38.6 Å². The molecule has 0 saturated carbocycles. The fraction of sp³-hybridized carbons (Fsp3) is 0.360. The molecule has 3 N–H and O–H groups in total. The quantitative estimate of drug-likeness (QED) is 0.568. The maximum atomic E-state index is 12.6. The largest absolute Gasteiger partial charge is 0.502 e. The normalized spacial score (nSPS) is 20.5. The van der Waals surface area contributed by atoms with Gasteiger partial charge in [0.05, 0.1) is 12.5 Å². The van der Waals surface area contributed by atoms with Gasteiger partial charge in [0.25, 0.3) is 5.56 Å². The van der Waals surface area contributed by atoms with E-state index in [4.69, 9.17) is 10.2 Å². The number of nitrogens with zero attached hydrogens (tertiary/aromatic N) is 3. The summed E-state index contributed by atoms with van der Waals surface area (Å²) in [6.45, 7) is 2.56. The number of carbonyl (C=O) groups is 1. The van der Waals surface area contributed by atoms with Gasteiger partial charge in [-0.1, -0.05) is 6.07 Å². The summed E-state index contributed by atoms with van der Waals surface area (Å²) in [6.07, 6.45) is 4.03. The molecule has 0 aliphatic carbocycles. The topological polar surface area (TPSA) is 132 Å². The molecule has 3 aromatic rings. The van der Waals surface area contributed by atoms with Crippen molar-refractivity contribution >= 4 is 5.91 Å². The molecule has 176 valence electrons. The minimum Gasteiger partial charge on any atom is -0.502 e. The number of amides is 1. The Morgan fingerprint density at radius 1 is 1.18 bits per heavy atom. The van der Waals surface area contributed by atoms with Gasteiger partial charge in [-0.3, -0.25) is 24.3 Å². The van der Waals surface area contributed by atoms with E-state index in [2.05, 4.69) is 9.88 Å². The van der Waals surface area contributed by atoms with Crippen molar-refractivity contribution in [1.82, 2.24) is 14.5 Å². The third-order valence-electron chi connectivity index (χ3n) is 6.77. The van der Waals surface area contributed by atoms with Gasteiger partial charge in [0.2, 0.25) is 17.1 Å². The Hall–Kier alpha value is -3.72. The minimum absolute atomic E-state index is 0.0293. The zero-order valence-corrected chi connectivity index (χ0v) is 18.6. The summed E-state index contributed by atoms with van der Waals surface area (Å²) in [4.78, 5) is 42.9. The standard InChI is InChI=1S/C25H26N4O5/c26-22(31)10-19(16-4-6-27-7-5-16)25-24(33)21(30)9-18(34-25)14-28-11-15-8-17(13-28)20-2-1-3-23(32)29(20)12-15/h1-7,9,15,17,19,33H,8,10-14H2,(H2,26,31)/t15-,17+,19-/m1/s1. The van der Waals surface area contributed by atoms with E-state index in [-0.39, 0.29) is 23.7 Å². The lowest BCUT2D eigenvalue weighted by molar-refractivity contribution is -0.118. The number of primary amides is 1. The van der Waals surface area contributed by atoms with Gasteiger partial charge in [0, 0.05) is 62.2 Å². The molecular weight excluding hydrogens is 436 g/mol. The molecule has 0 aromatic carbocycles. The lowest BCUT2D eigenvalue weighted by atomic mass is 9.83. The number of rotatable bonds is 6. The van der Waals surface area contributed by atoms with Crippen molar-refractivity contribution < 1.29 is 14.3 Å². The Kier molecular flexibility index (Phi) is 5.79. The number of aromatic nitrogens is 2. The van der Waals surface area contributed by atoms with Crippen molar-refractivity contribution in [3.8, 4) is 5.75 Å². The van der Waals surface area contributed by atoms with Crippen molar-refractivity contribution in [2.45, 2.75) is 37.8 Å². The predicted molar refractivity (Wildman–Crippen MR) is 123 cm³/mol. The first-order chi connectivity index (χ1) is 16.4. The highest BCUT2D eigenvalue weighted by Gasteiger charge is 2.35.